The van der Waals surface area contributed by atoms with Crippen LogP contribution in [0.1, 0.15) is 75.5 Å². The number of hydrogen-bond donors (Lipinski definition) is 0. The second kappa shape index (κ2) is 19.6. The summed E-state index contributed by atoms with van der Waals surface area (Å²) in [4.78, 5) is 56.0. The molecule has 12 aromatic carbocycles. The maximum Gasteiger partial charge on any atom is 0.344 e. The summed E-state index contributed by atoms with van der Waals surface area (Å²) in [6.45, 7) is 0. The Balaban J connectivity index is 0.883. The average Bonchev–Trinajstić information content (AvgIpc) is 3.55. The van der Waals surface area contributed by atoms with E-state index in [1.165, 1.54) is 0 Å². The fraction of sp³-hybridized carbons (Fsp3) is 0.0286. The molecule has 0 saturated heterocycles. The highest BCUT2D eigenvalue weighted by Crippen LogP contribution is 2.59. The minimum absolute atomic E-state index is 0.241. The Kier molecular flexibility index (Phi) is 11.7. The molecule has 0 bridgehead atoms. The Bertz CT molecular complexity index is 3960. The summed E-state index contributed by atoms with van der Waals surface area (Å²) in [5.74, 6) is -0.750. The summed E-state index contributed by atoms with van der Waals surface area (Å²) >= 11 is 0. The Labute approximate surface area is 457 Å². The van der Waals surface area contributed by atoms with Crippen molar-refractivity contribution in [1.29, 1.82) is 0 Å². The van der Waals surface area contributed by atoms with Crippen LogP contribution in [-0.4, -0.2) is 23.9 Å². The maximum atomic E-state index is 14.0. The number of esters is 4. The zero-order chi connectivity index (χ0) is 53.8. The van der Waals surface area contributed by atoms with Crippen LogP contribution in [0.2, 0.25) is 0 Å². The van der Waals surface area contributed by atoms with Gasteiger partial charge in [0, 0.05) is 58.4 Å². The molecule has 2 aliphatic heterocycles. The van der Waals surface area contributed by atoms with Gasteiger partial charge in [0.05, 0.1) is 22.3 Å². The first-order valence-electron chi connectivity index (χ1n) is 26.0. The second-order valence-electron chi connectivity index (χ2n) is 19.6. The molecule has 0 N–H and O–H groups in total. The Morgan fingerprint density at radius 3 is 0.738 bits per heavy atom. The smallest absolute Gasteiger partial charge is 0.344 e. The summed E-state index contributed by atoms with van der Waals surface area (Å²) in [6.07, 6.45) is 0. The van der Waals surface area contributed by atoms with Gasteiger partial charge in [-0.25, -0.2) is 19.2 Å². The summed E-state index contributed by atoms with van der Waals surface area (Å²) in [7, 11) is 0. The van der Waals surface area contributed by atoms with E-state index in [2.05, 4.69) is 0 Å². The van der Waals surface area contributed by atoms with Gasteiger partial charge in [-0.05, 0) is 91.6 Å². The van der Waals surface area contributed by atoms with Crippen molar-refractivity contribution in [3.05, 3.63) is 287 Å². The van der Waals surface area contributed by atoms with E-state index in [0.717, 1.165) is 65.3 Å². The van der Waals surface area contributed by atoms with Gasteiger partial charge < -0.3 is 28.4 Å². The summed E-state index contributed by atoms with van der Waals surface area (Å²) in [5, 5.41) is 6.60. The zero-order valence-corrected chi connectivity index (χ0v) is 42.3. The molecule has 80 heavy (non-hydrogen) atoms. The van der Waals surface area contributed by atoms with E-state index in [-0.39, 0.29) is 23.0 Å². The minimum atomic E-state index is -0.547. The van der Waals surface area contributed by atoms with Crippen molar-refractivity contribution < 1.29 is 47.6 Å². The van der Waals surface area contributed by atoms with Crippen molar-refractivity contribution in [3.63, 3.8) is 0 Å². The van der Waals surface area contributed by atoms with Crippen LogP contribution >= 0.6 is 0 Å². The lowest BCUT2D eigenvalue weighted by molar-refractivity contribution is 0.0726. The van der Waals surface area contributed by atoms with Crippen molar-refractivity contribution in [2.24, 2.45) is 0 Å². The second-order valence-corrected chi connectivity index (χ2v) is 19.6. The van der Waals surface area contributed by atoms with Crippen LogP contribution < -0.4 is 28.4 Å². The molecule has 0 saturated carbocycles. The molecule has 2 aliphatic rings. The summed E-state index contributed by atoms with van der Waals surface area (Å²) in [5.41, 5.74) is 4.58. The molecule has 0 aromatic heterocycles. The van der Waals surface area contributed by atoms with Crippen molar-refractivity contribution in [1.82, 2.24) is 0 Å². The molecule has 0 atom stereocenters. The molecule has 12 aromatic rings. The fourth-order valence-electron chi connectivity index (χ4n) is 11.2. The topological polar surface area (TPSA) is 124 Å². The first kappa shape index (κ1) is 47.6. The predicted molar refractivity (Wildman–Crippen MR) is 305 cm³/mol. The van der Waals surface area contributed by atoms with Gasteiger partial charge in [-0.15, -0.1) is 0 Å². The lowest BCUT2D eigenvalue weighted by Gasteiger charge is -2.38. The Morgan fingerprint density at radius 2 is 0.487 bits per heavy atom. The van der Waals surface area contributed by atoms with Gasteiger partial charge in [-0.1, -0.05) is 170 Å². The van der Waals surface area contributed by atoms with Gasteiger partial charge in [-0.2, -0.15) is 0 Å². The molecule has 10 nitrogen and oxygen atoms in total. The largest absolute Gasteiger partial charge is 0.456 e. The van der Waals surface area contributed by atoms with Crippen LogP contribution in [0.15, 0.2) is 243 Å². The van der Waals surface area contributed by atoms with Gasteiger partial charge >= 0.3 is 23.9 Å². The molecule has 0 amide bonds. The van der Waals surface area contributed by atoms with E-state index in [1.54, 1.807) is 72.8 Å². The zero-order valence-electron chi connectivity index (χ0n) is 42.3. The van der Waals surface area contributed by atoms with E-state index >= 15 is 0 Å². The fourth-order valence-corrected chi connectivity index (χ4v) is 11.2. The molecule has 0 fully saturated rings. The predicted octanol–water partition coefficient (Wildman–Crippen LogP) is 16.4. The van der Waals surface area contributed by atoms with Crippen LogP contribution in [-0.2, 0) is 0 Å². The van der Waals surface area contributed by atoms with Gasteiger partial charge in [0.15, 0.2) is 0 Å². The number of carbonyl (C=O) groups excluding carboxylic acids is 4. The first-order chi connectivity index (χ1) is 39.3. The SMILES string of the molecule is O=C(Oc1ccc2c(c1)Oc1cc(OC(=O)c3cccc4ccccc34)ccc1C2C1c2ccc(OC(=O)c3cccc4ccccc34)cc2Oc2cc(OC(=O)c3cccc4ccccc34)ccc21)c1cccc2ccccc12. The highest BCUT2D eigenvalue weighted by molar-refractivity contribution is 6.08. The minimum Gasteiger partial charge on any atom is -0.456 e. The molecule has 0 aliphatic carbocycles. The Hall–Kier alpha value is -10.8. The first-order valence-corrected chi connectivity index (χ1v) is 26.0. The lowest BCUT2D eigenvalue weighted by atomic mass is 9.71. The molecular formula is C70H42O10. The van der Waals surface area contributed by atoms with Crippen molar-refractivity contribution in [2.75, 3.05) is 0 Å². The quantitative estimate of drug-likeness (QED) is 0.102. The average molecular weight is 1040 g/mol. The summed E-state index contributed by atoms with van der Waals surface area (Å²) < 4.78 is 38.1. The van der Waals surface area contributed by atoms with E-state index < -0.39 is 35.7 Å². The van der Waals surface area contributed by atoms with Crippen molar-refractivity contribution in [2.45, 2.75) is 11.8 Å². The highest BCUT2D eigenvalue weighted by atomic mass is 16.6. The number of rotatable bonds is 9. The number of ether oxygens (including phenoxy) is 6. The highest BCUT2D eigenvalue weighted by Gasteiger charge is 2.41. The van der Waals surface area contributed by atoms with E-state index in [1.807, 2.05) is 170 Å². The monoisotopic (exact) mass is 1040 g/mol. The molecule has 0 unspecified atom stereocenters. The van der Waals surface area contributed by atoms with Gasteiger partial charge in [-0.3, -0.25) is 0 Å². The van der Waals surface area contributed by atoms with Crippen LogP contribution in [0, 0.1) is 0 Å². The van der Waals surface area contributed by atoms with Crippen LogP contribution in [0.25, 0.3) is 43.1 Å². The van der Waals surface area contributed by atoms with Crippen molar-refractivity contribution >= 4 is 67.0 Å². The number of carbonyl (C=O) groups is 4. The third-order valence-corrected chi connectivity index (χ3v) is 14.9. The Morgan fingerprint density at radius 1 is 0.263 bits per heavy atom. The van der Waals surface area contributed by atoms with E-state index in [0.29, 0.717) is 45.3 Å². The third kappa shape index (κ3) is 8.57. The lowest BCUT2D eigenvalue weighted by Crippen LogP contribution is -2.22. The molecule has 14 rings (SSSR count). The number of fused-ring (bicyclic) bond motifs is 8. The summed E-state index contributed by atoms with van der Waals surface area (Å²) in [6, 6.07) is 73.8. The molecule has 0 radical (unpaired) electrons. The van der Waals surface area contributed by atoms with Crippen LogP contribution in [0.4, 0.5) is 0 Å². The molecule has 10 heteroatoms. The molecule has 0 spiro atoms. The number of benzene rings is 12. The van der Waals surface area contributed by atoms with E-state index in [4.69, 9.17) is 28.4 Å². The van der Waals surface area contributed by atoms with Gasteiger partial charge in [0.1, 0.15) is 46.0 Å². The van der Waals surface area contributed by atoms with Gasteiger partial charge in [0.2, 0.25) is 0 Å². The molecule has 2 heterocycles. The van der Waals surface area contributed by atoms with Gasteiger partial charge in [0.25, 0.3) is 0 Å². The number of hydrogen-bond acceptors (Lipinski definition) is 10. The van der Waals surface area contributed by atoms with Crippen LogP contribution in [0.3, 0.4) is 0 Å². The third-order valence-electron chi connectivity index (χ3n) is 14.9. The van der Waals surface area contributed by atoms with E-state index in [9.17, 15) is 19.2 Å². The molecular weight excluding hydrogens is 1000 g/mol. The molecule has 382 valence electrons. The standard InChI is InChI=1S/C70H42O10/c71-67(53-25-9-17-41-13-1-5-21-49(41)53)75-45-29-33-57-61(37-45)79-62-38-46(76-68(72)54-26-10-18-42-14-2-6-22-50(42)54)30-34-58(62)65(57)66-59-35-31-47(77-69(73)55-27-11-19-43-15-3-7-23-51(43)55)39-63(59)80-64-40-48(32-36-60(64)66)78-70(74)56-28-12-20-44-16-4-8-24-52(44)56/h1-40,65-66H. The maximum absolute atomic E-state index is 14.0. The normalized spacial score (nSPS) is 12.6. The van der Waals surface area contributed by atoms with Crippen LogP contribution in [0.5, 0.6) is 46.0 Å². The van der Waals surface area contributed by atoms with Crippen molar-refractivity contribution in [3.8, 4) is 46.0 Å².